The molecule has 0 amide bonds. The molecule has 1 aliphatic rings. The number of nitrogens with one attached hydrogen (secondary N) is 1. The van der Waals surface area contributed by atoms with Gasteiger partial charge in [0.2, 0.25) is 0 Å². The van der Waals surface area contributed by atoms with Crippen LogP contribution < -0.4 is 5.32 Å². The van der Waals surface area contributed by atoms with Gasteiger partial charge in [-0.25, -0.2) is 0 Å². The predicted octanol–water partition coefficient (Wildman–Crippen LogP) is 5.57. The maximum absolute atomic E-state index is 6.31. The normalized spacial score (nSPS) is 14.6. The van der Waals surface area contributed by atoms with Gasteiger partial charge in [0.15, 0.2) is 0 Å². The first-order valence-electron chi connectivity index (χ1n) is 6.61. The van der Waals surface area contributed by atoms with E-state index >= 15 is 0 Å². The molecule has 1 saturated carbocycles. The molecule has 104 valence electrons. The molecule has 0 saturated heterocycles. The summed E-state index contributed by atoms with van der Waals surface area (Å²) >= 11 is 18.5. The van der Waals surface area contributed by atoms with Crippen LogP contribution in [0.1, 0.15) is 18.4 Å². The molecule has 4 heteroatoms. The van der Waals surface area contributed by atoms with Crippen molar-refractivity contribution in [2.24, 2.45) is 0 Å². The van der Waals surface area contributed by atoms with Crippen LogP contribution >= 0.6 is 34.8 Å². The molecule has 0 unspecified atom stereocenters. The molecule has 0 bridgehead atoms. The number of rotatable bonds is 4. The second kappa shape index (κ2) is 5.95. The van der Waals surface area contributed by atoms with E-state index < -0.39 is 0 Å². The van der Waals surface area contributed by atoms with Gasteiger partial charge in [-0.3, -0.25) is 0 Å². The summed E-state index contributed by atoms with van der Waals surface area (Å²) in [7, 11) is 0. The first-order valence-corrected chi connectivity index (χ1v) is 7.74. The Kier molecular flexibility index (Phi) is 4.23. The van der Waals surface area contributed by atoms with Crippen molar-refractivity contribution in [3.05, 3.63) is 57.0 Å². The molecular weight excluding hydrogens is 313 g/mol. The van der Waals surface area contributed by atoms with Gasteiger partial charge in [-0.1, -0.05) is 40.9 Å². The average Bonchev–Trinajstić information content (AvgIpc) is 3.24. The molecule has 0 radical (unpaired) electrons. The summed E-state index contributed by atoms with van der Waals surface area (Å²) in [6.45, 7) is 0.795. The van der Waals surface area contributed by atoms with Crippen molar-refractivity contribution in [2.45, 2.75) is 25.4 Å². The summed E-state index contributed by atoms with van der Waals surface area (Å²) < 4.78 is 0. The third kappa shape index (κ3) is 3.29. The van der Waals surface area contributed by atoms with Crippen LogP contribution in [0.25, 0.3) is 11.1 Å². The monoisotopic (exact) mass is 325 g/mol. The zero-order chi connectivity index (χ0) is 14.1. The smallest absolute Gasteiger partial charge is 0.0485 e. The number of hydrogen-bond donors (Lipinski definition) is 1. The van der Waals surface area contributed by atoms with E-state index in [0.717, 1.165) is 28.3 Å². The van der Waals surface area contributed by atoms with Crippen LogP contribution in [0.5, 0.6) is 0 Å². The molecule has 1 fully saturated rings. The van der Waals surface area contributed by atoms with E-state index in [0.29, 0.717) is 16.1 Å². The lowest BCUT2D eigenvalue weighted by atomic mass is 9.99. The molecule has 1 N–H and O–H groups in total. The standard InChI is InChI=1S/C16H14Cl3N/c17-11-1-5-14(10(7-11)9-20-13-3-4-13)15-8-12(18)2-6-16(15)19/h1-2,5-8,13,20H,3-4,9H2. The first-order chi connectivity index (χ1) is 9.63. The van der Waals surface area contributed by atoms with Gasteiger partial charge in [0.1, 0.15) is 0 Å². The lowest BCUT2D eigenvalue weighted by Crippen LogP contribution is -2.15. The Morgan fingerprint density at radius 2 is 1.60 bits per heavy atom. The van der Waals surface area contributed by atoms with Crippen molar-refractivity contribution in [1.29, 1.82) is 0 Å². The van der Waals surface area contributed by atoms with E-state index in [1.54, 1.807) is 6.07 Å². The van der Waals surface area contributed by atoms with E-state index in [2.05, 4.69) is 5.32 Å². The number of halogens is 3. The van der Waals surface area contributed by atoms with Crippen molar-refractivity contribution in [3.63, 3.8) is 0 Å². The molecule has 0 aromatic heterocycles. The van der Waals surface area contributed by atoms with Crippen LogP contribution in [0, 0.1) is 0 Å². The topological polar surface area (TPSA) is 12.0 Å². The molecule has 2 aromatic carbocycles. The molecule has 1 nitrogen and oxygen atoms in total. The van der Waals surface area contributed by atoms with Gasteiger partial charge in [-0.15, -0.1) is 0 Å². The van der Waals surface area contributed by atoms with Crippen LogP contribution in [0.15, 0.2) is 36.4 Å². The van der Waals surface area contributed by atoms with Gasteiger partial charge in [0.25, 0.3) is 0 Å². The Morgan fingerprint density at radius 1 is 0.900 bits per heavy atom. The van der Waals surface area contributed by atoms with E-state index in [1.165, 1.54) is 12.8 Å². The second-order valence-electron chi connectivity index (χ2n) is 5.08. The maximum Gasteiger partial charge on any atom is 0.0485 e. The lowest BCUT2D eigenvalue weighted by Gasteiger charge is -2.13. The van der Waals surface area contributed by atoms with Crippen LogP contribution in [-0.2, 0) is 6.54 Å². The lowest BCUT2D eigenvalue weighted by molar-refractivity contribution is 0.689. The quantitative estimate of drug-likeness (QED) is 0.775. The average molecular weight is 327 g/mol. The third-order valence-electron chi connectivity index (χ3n) is 3.44. The van der Waals surface area contributed by atoms with Gasteiger partial charge >= 0.3 is 0 Å². The molecule has 1 aliphatic carbocycles. The molecule has 0 aliphatic heterocycles. The highest BCUT2D eigenvalue weighted by Crippen LogP contribution is 2.34. The Labute approximate surface area is 133 Å². The fourth-order valence-corrected chi connectivity index (χ4v) is 2.80. The maximum atomic E-state index is 6.31. The van der Waals surface area contributed by atoms with Crippen molar-refractivity contribution >= 4 is 34.8 Å². The summed E-state index contributed by atoms with van der Waals surface area (Å²) in [6.07, 6.45) is 2.52. The minimum Gasteiger partial charge on any atom is -0.310 e. The van der Waals surface area contributed by atoms with Crippen molar-refractivity contribution in [1.82, 2.24) is 5.32 Å². The van der Waals surface area contributed by atoms with E-state index in [-0.39, 0.29) is 0 Å². The van der Waals surface area contributed by atoms with E-state index in [4.69, 9.17) is 34.8 Å². The minimum absolute atomic E-state index is 0.650. The van der Waals surface area contributed by atoms with Gasteiger partial charge in [-0.05, 0) is 54.3 Å². The van der Waals surface area contributed by atoms with Gasteiger partial charge in [0, 0.05) is 33.2 Å². The summed E-state index contributed by atoms with van der Waals surface area (Å²) in [6, 6.07) is 12.0. The molecule has 3 rings (SSSR count). The zero-order valence-corrected chi connectivity index (χ0v) is 13.1. The summed E-state index contributed by atoms with van der Waals surface area (Å²) in [5.74, 6) is 0. The van der Waals surface area contributed by atoms with E-state index in [9.17, 15) is 0 Å². The highest BCUT2D eigenvalue weighted by molar-refractivity contribution is 6.35. The summed E-state index contributed by atoms with van der Waals surface area (Å²) in [5.41, 5.74) is 3.17. The van der Waals surface area contributed by atoms with Crippen molar-refractivity contribution in [2.75, 3.05) is 0 Å². The second-order valence-corrected chi connectivity index (χ2v) is 6.36. The summed E-state index contributed by atoms with van der Waals surface area (Å²) in [5, 5.41) is 5.62. The Balaban J connectivity index is 1.99. The van der Waals surface area contributed by atoms with Crippen LogP contribution in [0.2, 0.25) is 15.1 Å². The molecular formula is C16H14Cl3N. The van der Waals surface area contributed by atoms with Crippen molar-refractivity contribution < 1.29 is 0 Å². The molecule has 0 heterocycles. The highest BCUT2D eigenvalue weighted by Gasteiger charge is 2.21. The Bertz CT molecular complexity index is 636. The zero-order valence-electron chi connectivity index (χ0n) is 10.8. The first kappa shape index (κ1) is 14.2. The van der Waals surface area contributed by atoms with Crippen LogP contribution in [0.3, 0.4) is 0 Å². The van der Waals surface area contributed by atoms with E-state index in [1.807, 2.05) is 30.3 Å². The Morgan fingerprint density at radius 3 is 2.35 bits per heavy atom. The molecule has 2 aromatic rings. The third-order valence-corrected chi connectivity index (χ3v) is 4.24. The SMILES string of the molecule is Clc1ccc(-c2cc(Cl)ccc2Cl)c(CNC2CC2)c1. The van der Waals surface area contributed by atoms with Crippen LogP contribution in [0.4, 0.5) is 0 Å². The number of benzene rings is 2. The van der Waals surface area contributed by atoms with Crippen LogP contribution in [-0.4, -0.2) is 6.04 Å². The minimum atomic E-state index is 0.650. The highest BCUT2D eigenvalue weighted by atomic mass is 35.5. The fourth-order valence-electron chi connectivity index (χ4n) is 2.22. The fraction of sp³-hybridized carbons (Fsp3) is 0.250. The van der Waals surface area contributed by atoms with Gasteiger partial charge in [-0.2, -0.15) is 0 Å². The Hall–Kier alpha value is -0.730. The van der Waals surface area contributed by atoms with Gasteiger partial charge < -0.3 is 5.32 Å². The van der Waals surface area contributed by atoms with Gasteiger partial charge in [0.05, 0.1) is 0 Å². The molecule has 0 atom stereocenters. The predicted molar refractivity (Wildman–Crippen MR) is 86.8 cm³/mol. The number of hydrogen-bond acceptors (Lipinski definition) is 1. The molecule has 20 heavy (non-hydrogen) atoms. The van der Waals surface area contributed by atoms with Crippen molar-refractivity contribution in [3.8, 4) is 11.1 Å². The molecule has 0 spiro atoms. The summed E-state index contributed by atoms with van der Waals surface area (Å²) in [4.78, 5) is 0. The largest absolute Gasteiger partial charge is 0.310 e.